The van der Waals surface area contributed by atoms with Crippen LogP contribution in [-0.4, -0.2) is 43.9 Å². The second-order valence-corrected chi connectivity index (χ2v) is 7.83. The highest BCUT2D eigenvalue weighted by Crippen LogP contribution is 2.42. The molecule has 2 aliphatic rings. The number of anilines is 1. The first-order chi connectivity index (χ1) is 14.2. The summed E-state index contributed by atoms with van der Waals surface area (Å²) in [6, 6.07) is 26.7. The van der Waals surface area contributed by atoms with Gasteiger partial charge in [-0.2, -0.15) is 0 Å². The van der Waals surface area contributed by atoms with Crippen molar-refractivity contribution >= 4 is 22.6 Å². The summed E-state index contributed by atoms with van der Waals surface area (Å²) in [6.45, 7) is 4.28. The minimum absolute atomic E-state index is 0.116. The Kier molecular flexibility index (Phi) is 4.53. The van der Waals surface area contributed by atoms with Crippen LogP contribution in [0.1, 0.15) is 27.0 Å². The Morgan fingerprint density at radius 3 is 1.90 bits per heavy atom. The predicted molar refractivity (Wildman–Crippen MR) is 119 cm³/mol. The van der Waals surface area contributed by atoms with Crippen LogP contribution in [0.5, 0.6) is 0 Å². The summed E-state index contributed by atoms with van der Waals surface area (Å²) in [6.07, 6.45) is 0. The number of allylic oxidation sites excluding steroid dienone is 1. The summed E-state index contributed by atoms with van der Waals surface area (Å²) in [4.78, 5) is 18.1. The van der Waals surface area contributed by atoms with Gasteiger partial charge in [-0.15, -0.1) is 0 Å². The monoisotopic (exact) mass is 380 g/mol. The fourth-order valence-corrected chi connectivity index (χ4v) is 4.37. The molecule has 0 aromatic heterocycles. The normalized spacial score (nSPS) is 17.0. The van der Waals surface area contributed by atoms with E-state index < -0.39 is 0 Å². The molecule has 3 nitrogen and oxygen atoms in total. The molecule has 144 valence electrons. The first kappa shape index (κ1) is 17.9. The standard InChI is InChI=1S/C26H24N2O/c1-27-15-17-28(18-16-27)21-13-11-20(12-14-21)24-22-9-5-6-10-23(22)26(29)25(24)19-7-3-2-4-8-19/h2-14H,15-18H2,1H3. The van der Waals surface area contributed by atoms with Crippen LogP contribution in [0.2, 0.25) is 0 Å². The summed E-state index contributed by atoms with van der Waals surface area (Å²) in [5.41, 5.74) is 7.00. The zero-order chi connectivity index (χ0) is 19.8. The number of nitrogens with zero attached hydrogens (tertiary/aromatic N) is 2. The molecule has 0 bridgehead atoms. The first-order valence-corrected chi connectivity index (χ1v) is 10.2. The van der Waals surface area contributed by atoms with Crippen molar-refractivity contribution in [1.82, 2.24) is 4.90 Å². The average molecular weight is 380 g/mol. The van der Waals surface area contributed by atoms with E-state index in [9.17, 15) is 4.79 Å². The van der Waals surface area contributed by atoms with Crippen LogP contribution >= 0.6 is 0 Å². The van der Waals surface area contributed by atoms with Gasteiger partial charge >= 0.3 is 0 Å². The highest BCUT2D eigenvalue weighted by atomic mass is 16.1. The average Bonchev–Trinajstić information content (AvgIpc) is 3.08. The van der Waals surface area contributed by atoms with Crippen LogP contribution in [0.4, 0.5) is 5.69 Å². The van der Waals surface area contributed by atoms with Gasteiger partial charge in [0.05, 0.1) is 0 Å². The first-order valence-electron chi connectivity index (χ1n) is 10.2. The Morgan fingerprint density at radius 2 is 1.21 bits per heavy atom. The second-order valence-electron chi connectivity index (χ2n) is 7.83. The Bertz CT molecular complexity index is 1080. The predicted octanol–water partition coefficient (Wildman–Crippen LogP) is 4.59. The van der Waals surface area contributed by atoms with Crippen molar-refractivity contribution in [3.05, 3.63) is 101 Å². The third kappa shape index (κ3) is 3.18. The highest BCUT2D eigenvalue weighted by Gasteiger charge is 2.31. The van der Waals surface area contributed by atoms with E-state index in [1.807, 2.05) is 48.5 Å². The zero-order valence-electron chi connectivity index (χ0n) is 16.6. The maximum atomic E-state index is 13.3. The van der Waals surface area contributed by atoms with Gasteiger partial charge in [0.2, 0.25) is 0 Å². The highest BCUT2D eigenvalue weighted by molar-refractivity contribution is 6.41. The number of hydrogen-bond donors (Lipinski definition) is 0. The number of ketones is 1. The number of carbonyl (C=O) groups excluding carboxylic acids is 1. The van der Waals surface area contributed by atoms with Gasteiger partial charge in [0, 0.05) is 48.6 Å². The zero-order valence-corrected chi connectivity index (χ0v) is 16.6. The van der Waals surface area contributed by atoms with Crippen molar-refractivity contribution in [2.24, 2.45) is 0 Å². The van der Waals surface area contributed by atoms with Gasteiger partial charge in [0.25, 0.3) is 0 Å². The molecule has 3 heteroatoms. The van der Waals surface area contributed by atoms with Crippen LogP contribution in [0, 0.1) is 0 Å². The fourth-order valence-electron chi connectivity index (χ4n) is 4.37. The maximum Gasteiger partial charge on any atom is 0.194 e. The van der Waals surface area contributed by atoms with Crippen molar-refractivity contribution in [2.75, 3.05) is 38.1 Å². The topological polar surface area (TPSA) is 23.6 Å². The van der Waals surface area contributed by atoms with Gasteiger partial charge in [-0.3, -0.25) is 4.79 Å². The Labute approximate surface area is 171 Å². The Balaban J connectivity index is 1.58. The van der Waals surface area contributed by atoms with Gasteiger partial charge in [-0.25, -0.2) is 0 Å². The molecule has 1 saturated heterocycles. The molecular formula is C26H24N2O. The van der Waals surface area contributed by atoms with Crippen LogP contribution in [0.25, 0.3) is 11.1 Å². The number of piperazine rings is 1. The molecule has 0 unspecified atom stereocenters. The summed E-state index contributed by atoms with van der Waals surface area (Å²) in [5, 5.41) is 0. The second kappa shape index (κ2) is 7.34. The summed E-state index contributed by atoms with van der Waals surface area (Å²) in [7, 11) is 2.17. The molecule has 3 aromatic rings. The molecule has 0 spiro atoms. The van der Waals surface area contributed by atoms with Crippen LogP contribution in [0.15, 0.2) is 78.9 Å². The van der Waals surface area contributed by atoms with E-state index in [2.05, 4.69) is 47.2 Å². The number of fused-ring (bicyclic) bond motifs is 1. The largest absolute Gasteiger partial charge is 0.369 e. The quantitative estimate of drug-likeness (QED) is 0.664. The third-order valence-electron chi connectivity index (χ3n) is 6.00. The minimum atomic E-state index is 0.116. The summed E-state index contributed by atoms with van der Waals surface area (Å²) < 4.78 is 0. The van der Waals surface area contributed by atoms with E-state index in [1.165, 1.54) is 5.69 Å². The van der Waals surface area contributed by atoms with Crippen molar-refractivity contribution in [1.29, 1.82) is 0 Å². The number of carbonyl (C=O) groups is 1. The summed E-state index contributed by atoms with van der Waals surface area (Å²) in [5.74, 6) is 0.116. The number of benzene rings is 3. The Hall–Kier alpha value is -3.17. The molecular weight excluding hydrogens is 356 g/mol. The molecule has 0 atom stereocenters. The van der Waals surface area contributed by atoms with Gasteiger partial charge in [-0.1, -0.05) is 66.7 Å². The molecule has 5 rings (SSSR count). The van der Waals surface area contributed by atoms with Crippen molar-refractivity contribution in [3.8, 4) is 0 Å². The third-order valence-corrected chi connectivity index (χ3v) is 6.00. The van der Waals surface area contributed by atoms with Gasteiger partial charge < -0.3 is 9.80 Å². The summed E-state index contributed by atoms with van der Waals surface area (Å²) >= 11 is 0. The molecule has 0 N–H and O–H groups in total. The molecule has 1 aliphatic carbocycles. The molecule has 0 saturated carbocycles. The van der Waals surface area contributed by atoms with Crippen LogP contribution < -0.4 is 4.90 Å². The lowest BCUT2D eigenvalue weighted by Gasteiger charge is -2.34. The van der Waals surface area contributed by atoms with E-state index in [-0.39, 0.29) is 5.78 Å². The van der Waals surface area contributed by atoms with Gasteiger partial charge in [0.15, 0.2) is 5.78 Å². The molecule has 1 fully saturated rings. The minimum Gasteiger partial charge on any atom is -0.369 e. The lowest BCUT2D eigenvalue weighted by molar-refractivity contribution is 0.105. The molecule has 0 amide bonds. The molecule has 1 heterocycles. The van der Waals surface area contributed by atoms with Crippen LogP contribution in [-0.2, 0) is 0 Å². The van der Waals surface area contributed by atoms with Gasteiger partial charge in [0.1, 0.15) is 0 Å². The SMILES string of the molecule is CN1CCN(c2ccc(C3=C(c4ccccc4)C(=O)c4ccccc43)cc2)CC1. The fraction of sp³-hybridized carbons (Fsp3) is 0.192. The number of rotatable bonds is 3. The molecule has 29 heavy (non-hydrogen) atoms. The Morgan fingerprint density at radius 1 is 0.621 bits per heavy atom. The number of likely N-dealkylation sites (N-methyl/N-ethyl adjacent to an activating group) is 1. The van der Waals surface area contributed by atoms with Crippen LogP contribution in [0.3, 0.4) is 0 Å². The molecule has 0 radical (unpaired) electrons. The van der Waals surface area contributed by atoms with Crippen molar-refractivity contribution in [3.63, 3.8) is 0 Å². The van der Waals surface area contributed by atoms with E-state index in [0.29, 0.717) is 0 Å². The molecule has 3 aromatic carbocycles. The lowest BCUT2D eigenvalue weighted by Crippen LogP contribution is -2.44. The number of hydrogen-bond acceptors (Lipinski definition) is 3. The van der Waals surface area contributed by atoms with Crippen molar-refractivity contribution in [2.45, 2.75) is 0 Å². The van der Waals surface area contributed by atoms with Crippen molar-refractivity contribution < 1.29 is 4.79 Å². The maximum absolute atomic E-state index is 13.3. The molecule has 1 aliphatic heterocycles. The van der Waals surface area contributed by atoms with Gasteiger partial charge in [-0.05, 0) is 35.9 Å². The number of Topliss-reactive ketones (excluding diaryl/α,β-unsaturated/α-hetero) is 1. The van der Waals surface area contributed by atoms with E-state index in [4.69, 9.17) is 0 Å². The lowest BCUT2D eigenvalue weighted by atomic mass is 9.94. The van der Waals surface area contributed by atoms with E-state index in [0.717, 1.165) is 59.6 Å². The van der Waals surface area contributed by atoms with E-state index in [1.54, 1.807) is 0 Å². The smallest absolute Gasteiger partial charge is 0.194 e. The van der Waals surface area contributed by atoms with E-state index >= 15 is 0 Å².